The SMILES string of the molecule is CC[C](CN(C)C)S(=O)(=O)O. The predicted octanol–water partition coefficient (Wildman–Crippen LogP) is 0.378. The maximum absolute atomic E-state index is 10.6. The molecule has 0 aromatic rings. The van der Waals surface area contributed by atoms with Gasteiger partial charge in [0.1, 0.15) is 5.25 Å². The minimum atomic E-state index is -3.94. The largest absolute Gasteiger partial charge is 0.308 e. The number of rotatable bonds is 4. The Morgan fingerprint density at radius 2 is 1.91 bits per heavy atom. The van der Waals surface area contributed by atoms with Gasteiger partial charge in [0.15, 0.2) is 0 Å². The number of nitrogens with zero attached hydrogens (tertiary/aromatic N) is 1. The van der Waals surface area contributed by atoms with Crippen LogP contribution in [0.4, 0.5) is 0 Å². The maximum Gasteiger partial charge on any atom is 0.273 e. The van der Waals surface area contributed by atoms with E-state index in [0.717, 1.165) is 0 Å². The van der Waals surface area contributed by atoms with Gasteiger partial charge in [0.2, 0.25) is 0 Å². The van der Waals surface area contributed by atoms with E-state index in [1.54, 1.807) is 25.9 Å². The fraction of sp³-hybridized carbons (Fsp3) is 0.833. The Morgan fingerprint density at radius 3 is 2.00 bits per heavy atom. The highest BCUT2D eigenvalue weighted by Crippen LogP contribution is 2.13. The third-order valence-electron chi connectivity index (χ3n) is 1.25. The summed E-state index contributed by atoms with van der Waals surface area (Å²) in [5, 5.41) is 0.155. The van der Waals surface area contributed by atoms with E-state index in [9.17, 15) is 8.42 Å². The lowest BCUT2D eigenvalue weighted by Gasteiger charge is -2.15. The van der Waals surface area contributed by atoms with Gasteiger partial charge < -0.3 is 4.90 Å². The van der Waals surface area contributed by atoms with Crippen molar-refractivity contribution in [3.63, 3.8) is 0 Å². The second-order valence-corrected chi connectivity index (χ2v) is 4.13. The molecule has 1 radical (unpaired) electrons. The molecule has 0 amide bonds. The molecule has 0 aromatic carbocycles. The topological polar surface area (TPSA) is 57.6 Å². The molecule has 0 aliphatic rings. The summed E-state index contributed by atoms with van der Waals surface area (Å²) >= 11 is 0. The van der Waals surface area contributed by atoms with Gasteiger partial charge in [-0.1, -0.05) is 6.92 Å². The van der Waals surface area contributed by atoms with E-state index in [1.807, 2.05) is 0 Å². The zero-order chi connectivity index (χ0) is 9.07. The molecule has 5 heteroatoms. The first-order chi connectivity index (χ1) is 4.88. The van der Waals surface area contributed by atoms with E-state index in [1.165, 1.54) is 0 Å². The molecule has 4 nitrogen and oxygen atoms in total. The summed E-state index contributed by atoms with van der Waals surface area (Å²) in [7, 11) is -0.433. The van der Waals surface area contributed by atoms with E-state index < -0.39 is 10.1 Å². The quantitative estimate of drug-likeness (QED) is 0.635. The molecule has 1 N–H and O–H groups in total. The zero-order valence-electron chi connectivity index (χ0n) is 7.03. The Bertz CT molecular complexity index is 198. The van der Waals surface area contributed by atoms with E-state index in [4.69, 9.17) is 4.55 Å². The monoisotopic (exact) mass is 180 g/mol. The van der Waals surface area contributed by atoms with Crippen LogP contribution in [0.15, 0.2) is 0 Å². The summed E-state index contributed by atoms with van der Waals surface area (Å²) in [6.07, 6.45) is 0.358. The van der Waals surface area contributed by atoms with E-state index in [-0.39, 0.29) is 11.8 Å². The highest BCUT2D eigenvalue weighted by Gasteiger charge is 2.22. The fourth-order valence-corrected chi connectivity index (χ4v) is 1.51. The van der Waals surface area contributed by atoms with Crippen LogP contribution in [0, 0.1) is 5.25 Å². The van der Waals surface area contributed by atoms with Crippen LogP contribution in [0.5, 0.6) is 0 Å². The van der Waals surface area contributed by atoms with Gasteiger partial charge in [0, 0.05) is 6.54 Å². The van der Waals surface area contributed by atoms with Crippen LogP contribution < -0.4 is 0 Å². The van der Waals surface area contributed by atoms with E-state index >= 15 is 0 Å². The molecule has 0 unspecified atom stereocenters. The van der Waals surface area contributed by atoms with Crippen molar-refractivity contribution in [3.8, 4) is 0 Å². The Morgan fingerprint density at radius 1 is 1.45 bits per heavy atom. The standard InChI is InChI=1S/C6H14NO3S/c1-4-6(5-7(2)3)11(8,9)10/h4-5H2,1-3H3,(H,8,9,10). The van der Waals surface area contributed by atoms with Gasteiger partial charge in [-0.15, -0.1) is 0 Å². The van der Waals surface area contributed by atoms with E-state index in [0.29, 0.717) is 6.42 Å². The van der Waals surface area contributed by atoms with Crippen LogP contribution in [0.25, 0.3) is 0 Å². The summed E-state index contributed by atoms with van der Waals surface area (Å²) in [5.74, 6) is 0. The molecule has 0 heterocycles. The third kappa shape index (κ3) is 4.34. The number of hydrogen-bond donors (Lipinski definition) is 1. The molecule has 0 saturated heterocycles. The molecule has 67 valence electrons. The Balaban J connectivity index is 4.20. The normalized spacial score (nSPS) is 12.9. The highest BCUT2D eigenvalue weighted by molar-refractivity contribution is 7.88. The maximum atomic E-state index is 10.6. The van der Waals surface area contributed by atoms with Crippen molar-refractivity contribution in [2.24, 2.45) is 0 Å². The summed E-state index contributed by atoms with van der Waals surface area (Å²) < 4.78 is 29.8. The van der Waals surface area contributed by atoms with Gasteiger partial charge in [-0.05, 0) is 20.5 Å². The Labute approximate surface area is 68.0 Å². The van der Waals surface area contributed by atoms with Crippen molar-refractivity contribution in [1.82, 2.24) is 4.90 Å². The molecule has 0 fully saturated rings. The lowest BCUT2D eigenvalue weighted by atomic mass is 10.3. The van der Waals surface area contributed by atoms with Crippen molar-refractivity contribution in [1.29, 1.82) is 0 Å². The van der Waals surface area contributed by atoms with Gasteiger partial charge in [-0.3, -0.25) is 4.55 Å². The molecule has 0 atom stereocenters. The van der Waals surface area contributed by atoms with Crippen molar-refractivity contribution in [2.75, 3.05) is 20.6 Å². The van der Waals surface area contributed by atoms with Crippen LogP contribution in [0.1, 0.15) is 13.3 Å². The summed E-state index contributed by atoms with van der Waals surface area (Å²) in [5.41, 5.74) is 0. The molecule has 0 bridgehead atoms. The molecule has 0 aliphatic heterocycles. The van der Waals surface area contributed by atoms with Crippen LogP contribution in [0.2, 0.25) is 0 Å². The van der Waals surface area contributed by atoms with Gasteiger partial charge in [0.05, 0.1) is 0 Å². The first-order valence-corrected chi connectivity index (χ1v) is 4.78. The van der Waals surface area contributed by atoms with Gasteiger partial charge in [-0.25, -0.2) is 0 Å². The minimum absolute atomic E-state index is 0.155. The molecule has 0 rings (SSSR count). The molecule has 0 aliphatic carbocycles. The predicted molar refractivity (Wildman–Crippen MR) is 43.6 cm³/mol. The molecule has 0 spiro atoms. The molecular formula is C6H14NO3S. The van der Waals surface area contributed by atoms with Gasteiger partial charge in [0.25, 0.3) is 10.1 Å². The van der Waals surface area contributed by atoms with Gasteiger partial charge >= 0.3 is 0 Å². The summed E-state index contributed by atoms with van der Waals surface area (Å²) in [4.78, 5) is 1.70. The highest BCUT2D eigenvalue weighted by atomic mass is 32.2. The molecule has 0 saturated carbocycles. The second-order valence-electron chi connectivity index (χ2n) is 2.61. The Kier molecular flexibility index (Phi) is 3.99. The average molecular weight is 180 g/mol. The Hall–Kier alpha value is -0.130. The molecule has 11 heavy (non-hydrogen) atoms. The van der Waals surface area contributed by atoms with Crippen molar-refractivity contribution in [3.05, 3.63) is 5.25 Å². The summed E-state index contributed by atoms with van der Waals surface area (Å²) in [6.45, 7) is 1.99. The van der Waals surface area contributed by atoms with Crippen molar-refractivity contribution < 1.29 is 13.0 Å². The van der Waals surface area contributed by atoms with Gasteiger partial charge in [-0.2, -0.15) is 8.42 Å². The first kappa shape index (κ1) is 10.9. The smallest absolute Gasteiger partial charge is 0.273 e. The minimum Gasteiger partial charge on any atom is -0.308 e. The third-order valence-corrected chi connectivity index (χ3v) is 2.40. The average Bonchev–Trinajstić information content (AvgIpc) is 1.79. The summed E-state index contributed by atoms with van der Waals surface area (Å²) in [6, 6.07) is 0. The lowest BCUT2D eigenvalue weighted by Crippen LogP contribution is -2.25. The lowest BCUT2D eigenvalue weighted by molar-refractivity contribution is 0.411. The number of hydrogen-bond acceptors (Lipinski definition) is 3. The first-order valence-electron chi connectivity index (χ1n) is 3.34. The van der Waals surface area contributed by atoms with Crippen molar-refractivity contribution >= 4 is 10.1 Å². The molecule has 0 aromatic heterocycles. The zero-order valence-corrected chi connectivity index (χ0v) is 7.85. The van der Waals surface area contributed by atoms with E-state index in [2.05, 4.69) is 0 Å². The van der Waals surface area contributed by atoms with Crippen LogP contribution in [-0.2, 0) is 10.1 Å². The van der Waals surface area contributed by atoms with Crippen LogP contribution >= 0.6 is 0 Å². The van der Waals surface area contributed by atoms with Crippen LogP contribution in [0.3, 0.4) is 0 Å². The fourth-order valence-electron chi connectivity index (χ4n) is 0.728. The van der Waals surface area contributed by atoms with Crippen molar-refractivity contribution in [2.45, 2.75) is 13.3 Å². The molecular weight excluding hydrogens is 166 g/mol. The second kappa shape index (κ2) is 4.04. The van der Waals surface area contributed by atoms with Crippen LogP contribution in [-0.4, -0.2) is 38.5 Å².